The van der Waals surface area contributed by atoms with Crippen LogP contribution in [0.5, 0.6) is 0 Å². The fourth-order valence-electron chi connectivity index (χ4n) is 0.502. The second kappa shape index (κ2) is 4.04. The number of halogens is 3. The maximum atomic E-state index is 11.8. The molecule has 0 rings (SSSR count). The minimum atomic E-state index is -3.00. The van der Waals surface area contributed by atoms with Crippen molar-refractivity contribution in [2.24, 2.45) is 0 Å². The lowest BCUT2D eigenvalue weighted by atomic mass is 10.2. The van der Waals surface area contributed by atoms with Crippen molar-refractivity contribution in [3.8, 4) is 0 Å². The van der Waals surface area contributed by atoms with Crippen molar-refractivity contribution < 1.29 is 8.78 Å². The highest BCUT2D eigenvalue weighted by Gasteiger charge is 2.22. The van der Waals surface area contributed by atoms with Crippen LogP contribution >= 0.6 is 11.6 Å². The van der Waals surface area contributed by atoms with Gasteiger partial charge in [0.2, 0.25) is 0 Å². The highest BCUT2D eigenvalue weighted by Crippen LogP contribution is 2.25. The van der Waals surface area contributed by atoms with Gasteiger partial charge in [0.25, 0.3) is 0 Å². The lowest BCUT2D eigenvalue weighted by molar-refractivity contribution is 0.0831. The molecule has 9 heavy (non-hydrogen) atoms. The summed E-state index contributed by atoms with van der Waals surface area (Å²) >= 11 is 4.62. The van der Waals surface area contributed by atoms with Gasteiger partial charge in [-0.3, -0.25) is 0 Å². The van der Waals surface area contributed by atoms with Gasteiger partial charge in [-0.15, -0.1) is 0 Å². The Morgan fingerprint density at radius 1 is 1.33 bits per heavy atom. The second-order valence-corrected chi connectivity index (χ2v) is 2.48. The van der Waals surface area contributed by atoms with Crippen LogP contribution in [-0.2, 0) is 0 Å². The van der Waals surface area contributed by atoms with E-state index in [0.717, 1.165) is 6.42 Å². The average molecular weight is 156 g/mol. The zero-order chi connectivity index (χ0) is 7.33. The molecule has 0 aromatic carbocycles. The molecular formula is C6H10ClF2. The Hall–Kier alpha value is 0.150. The Morgan fingerprint density at radius 3 is 2.22 bits per heavy atom. The molecule has 0 atom stereocenters. The first kappa shape index (κ1) is 9.15. The number of alkyl halides is 3. The molecule has 0 unspecified atom stereocenters. The average Bonchev–Trinajstić information content (AvgIpc) is 1.63. The van der Waals surface area contributed by atoms with Gasteiger partial charge in [-0.05, 0) is 18.0 Å². The fraction of sp³-hybridized carbons (Fsp3) is 0.833. The number of rotatable bonds is 4. The quantitative estimate of drug-likeness (QED) is 0.432. The van der Waals surface area contributed by atoms with Gasteiger partial charge in [0.15, 0.2) is 0 Å². The van der Waals surface area contributed by atoms with Crippen LogP contribution in [0, 0.1) is 6.92 Å². The van der Waals surface area contributed by atoms with Gasteiger partial charge in [0.05, 0.1) is 0 Å². The summed E-state index contributed by atoms with van der Waals surface area (Å²) in [6, 6.07) is 0. The van der Waals surface area contributed by atoms with Gasteiger partial charge in [-0.25, -0.2) is 0 Å². The first-order valence-corrected chi connectivity index (χ1v) is 3.30. The van der Waals surface area contributed by atoms with E-state index in [9.17, 15) is 8.78 Å². The third-order valence-corrected chi connectivity index (χ3v) is 1.15. The summed E-state index contributed by atoms with van der Waals surface area (Å²) in [5.74, 6) is 0. The molecule has 0 aliphatic rings. The van der Waals surface area contributed by atoms with Gasteiger partial charge < -0.3 is 0 Å². The zero-order valence-corrected chi connectivity index (χ0v) is 5.93. The predicted octanol–water partition coefficient (Wildman–Crippen LogP) is 3.21. The van der Waals surface area contributed by atoms with Crippen molar-refractivity contribution in [2.75, 3.05) is 0 Å². The molecule has 0 fully saturated rings. The summed E-state index contributed by atoms with van der Waals surface area (Å²) in [5.41, 5.74) is 0. The molecule has 0 aromatic rings. The van der Waals surface area contributed by atoms with Crippen molar-refractivity contribution in [1.82, 2.24) is 0 Å². The van der Waals surface area contributed by atoms with Gasteiger partial charge in [0, 0.05) is 6.42 Å². The lowest BCUT2D eigenvalue weighted by Crippen LogP contribution is -2.04. The van der Waals surface area contributed by atoms with Crippen LogP contribution in [0.15, 0.2) is 0 Å². The SMILES string of the molecule is [CH2]CCCCC(F)(F)Cl. The van der Waals surface area contributed by atoms with E-state index in [2.05, 4.69) is 18.5 Å². The molecule has 0 bridgehead atoms. The minimum absolute atomic E-state index is 0.232. The molecule has 0 heterocycles. The van der Waals surface area contributed by atoms with E-state index >= 15 is 0 Å². The van der Waals surface area contributed by atoms with Crippen LogP contribution in [0.1, 0.15) is 25.7 Å². The summed E-state index contributed by atoms with van der Waals surface area (Å²) in [6.07, 6.45) is 1.65. The molecule has 0 amide bonds. The maximum Gasteiger partial charge on any atom is 0.321 e. The Bertz CT molecular complexity index is 67.9. The van der Waals surface area contributed by atoms with E-state index < -0.39 is 5.38 Å². The van der Waals surface area contributed by atoms with E-state index in [-0.39, 0.29) is 6.42 Å². The molecule has 0 spiro atoms. The van der Waals surface area contributed by atoms with Crippen molar-refractivity contribution >= 4 is 11.6 Å². The van der Waals surface area contributed by atoms with Crippen molar-refractivity contribution in [3.63, 3.8) is 0 Å². The molecule has 0 aliphatic heterocycles. The summed E-state index contributed by atoms with van der Waals surface area (Å²) in [6.45, 7) is 3.52. The van der Waals surface area contributed by atoms with Crippen molar-refractivity contribution in [3.05, 3.63) is 6.92 Å². The summed E-state index contributed by atoms with van der Waals surface area (Å²) in [4.78, 5) is 0. The molecule has 0 saturated heterocycles. The van der Waals surface area contributed by atoms with E-state index in [0.29, 0.717) is 12.8 Å². The first-order valence-electron chi connectivity index (χ1n) is 2.92. The summed E-state index contributed by atoms with van der Waals surface area (Å²) < 4.78 is 23.6. The van der Waals surface area contributed by atoms with E-state index in [1.165, 1.54) is 0 Å². The van der Waals surface area contributed by atoms with Gasteiger partial charge in [-0.2, -0.15) is 8.78 Å². The summed E-state index contributed by atoms with van der Waals surface area (Å²) in [5, 5.41) is -3.00. The minimum Gasteiger partial charge on any atom is -0.188 e. The Labute approximate surface area is 59.2 Å². The molecule has 0 N–H and O–H groups in total. The van der Waals surface area contributed by atoms with Gasteiger partial charge in [-0.1, -0.05) is 19.8 Å². The highest BCUT2D eigenvalue weighted by molar-refractivity contribution is 6.21. The van der Waals surface area contributed by atoms with Gasteiger partial charge in [0.1, 0.15) is 0 Å². The number of hydrogen-bond acceptors (Lipinski definition) is 0. The Kier molecular flexibility index (Phi) is 4.11. The third-order valence-electron chi connectivity index (χ3n) is 0.960. The van der Waals surface area contributed by atoms with Crippen LogP contribution in [0.3, 0.4) is 0 Å². The predicted molar refractivity (Wildman–Crippen MR) is 34.6 cm³/mol. The van der Waals surface area contributed by atoms with Gasteiger partial charge >= 0.3 is 5.38 Å². The third kappa shape index (κ3) is 8.15. The largest absolute Gasteiger partial charge is 0.321 e. The van der Waals surface area contributed by atoms with E-state index in [1.54, 1.807) is 0 Å². The normalized spacial score (nSPS) is 12.0. The highest BCUT2D eigenvalue weighted by atomic mass is 35.5. The van der Waals surface area contributed by atoms with E-state index in [1.807, 2.05) is 0 Å². The monoisotopic (exact) mass is 155 g/mol. The maximum absolute atomic E-state index is 11.8. The molecule has 0 aliphatic carbocycles. The molecule has 55 valence electrons. The molecule has 3 heteroatoms. The summed E-state index contributed by atoms with van der Waals surface area (Å²) in [7, 11) is 0. The first-order chi connectivity index (χ1) is 4.06. The van der Waals surface area contributed by atoms with Crippen molar-refractivity contribution in [2.45, 2.75) is 31.1 Å². The van der Waals surface area contributed by atoms with Crippen LogP contribution < -0.4 is 0 Å². The number of hydrogen-bond donors (Lipinski definition) is 0. The molecule has 0 nitrogen and oxygen atoms in total. The van der Waals surface area contributed by atoms with E-state index in [4.69, 9.17) is 0 Å². The van der Waals surface area contributed by atoms with Crippen LogP contribution in [0.4, 0.5) is 8.78 Å². The Balaban J connectivity index is 3.07. The lowest BCUT2D eigenvalue weighted by Gasteiger charge is -2.04. The van der Waals surface area contributed by atoms with Crippen molar-refractivity contribution in [1.29, 1.82) is 0 Å². The molecule has 0 aromatic heterocycles. The molecule has 0 saturated carbocycles. The Morgan fingerprint density at radius 2 is 1.89 bits per heavy atom. The standard InChI is InChI=1S/C6H10ClF2/c1-2-3-4-5-6(7,8)9/h1-5H2. The zero-order valence-electron chi connectivity index (χ0n) is 5.17. The fourth-order valence-corrected chi connectivity index (χ4v) is 0.636. The number of unbranched alkanes of at least 4 members (excludes halogenated alkanes) is 2. The topological polar surface area (TPSA) is 0 Å². The second-order valence-electron chi connectivity index (χ2n) is 1.93. The van der Waals surface area contributed by atoms with Crippen LogP contribution in [-0.4, -0.2) is 5.38 Å². The van der Waals surface area contributed by atoms with Crippen LogP contribution in [0.2, 0.25) is 0 Å². The smallest absolute Gasteiger partial charge is 0.188 e. The molecular weight excluding hydrogens is 146 g/mol. The van der Waals surface area contributed by atoms with Crippen LogP contribution in [0.25, 0.3) is 0 Å². The molecule has 1 radical (unpaired) electrons.